The molecule has 1 fully saturated rings. The number of nitrogens with one attached hydrogen (secondary N) is 2. The third-order valence-corrected chi connectivity index (χ3v) is 3.25. The number of carbonyl (C=O) groups is 1. The van der Waals surface area contributed by atoms with E-state index in [2.05, 4.69) is 33.2 Å². The molecule has 2 N–H and O–H groups in total. The highest BCUT2D eigenvalue weighted by Gasteiger charge is 2.14. The molecule has 1 aromatic carbocycles. The third-order valence-electron chi connectivity index (χ3n) is 2.58. The Balaban J connectivity index is 1.84. The fourth-order valence-corrected chi connectivity index (χ4v) is 2.23. The predicted octanol–water partition coefficient (Wildman–Crippen LogP) is 1.01. The minimum atomic E-state index is -0.0438. The third kappa shape index (κ3) is 3.93. The molecule has 5 heteroatoms. The van der Waals surface area contributed by atoms with Gasteiger partial charge in [0.1, 0.15) is 0 Å². The molecule has 0 aromatic heterocycles. The number of halogens is 1. The summed E-state index contributed by atoms with van der Waals surface area (Å²) in [6, 6.07) is 7.54. The Bertz CT molecular complexity index is 392. The van der Waals surface area contributed by atoms with Crippen molar-refractivity contribution >= 4 is 28.5 Å². The summed E-state index contributed by atoms with van der Waals surface area (Å²) >= 11 is 2.20. The number of benzene rings is 1. The zero-order valence-corrected chi connectivity index (χ0v) is 11.6. The molecule has 0 radical (unpaired) electrons. The van der Waals surface area contributed by atoms with Gasteiger partial charge < -0.3 is 15.4 Å². The summed E-state index contributed by atoms with van der Waals surface area (Å²) in [4.78, 5) is 11.8. The second-order valence-corrected chi connectivity index (χ2v) is 5.16. The first-order valence-electron chi connectivity index (χ1n) is 5.62. The molecular weight excluding hydrogens is 331 g/mol. The molecule has 0 bridgehead atoms. The molecule has 1 aliphatic heterocycles. The highest BCUT2D eigenvalue weighted by atomic mass is 127. The maximum atomic E-state index is 11.8. The predicted molar refractivity (Wildman–Crippen MR) is 74.1 cm³/mol. The Labute approximate surface area is 114 Å². The molecular formula is C12H15IN2O2. The summed E-state index contributed by atoms with van der Waals surface area (Å²) in [6.07, 6.45) is 0.0792. The maximum Gasteiger partial charge on any atom is 0.251 e. The molecule has 1 aromatic rings. The fraction of sp³-hybridized carbons (Fsp3) is 0.417. The van der Waals surface area contributed by atoms with Crippen LogP contribution in [-0.2, 0) is 4.74 Å². The van der Waals surface area contributed by atoms with E-state index in [1.165, 1.54) is 0 Å². The first-order chi connectivity index (χ1) is 8.25. The molecule has 4 nitrogen and oxygen atoms in total. The summed E-state index contributed by atoms with van der Waals surface area (Å²) in [6.45, 7) is 2.95. The molecule has 1 amide bonds. The molecule has 92 valence electrons. The average Bonchev–Trinajstić information content (AvgIpc) is 2.37. The van der Waals surface area contributed by atoms with Crippen molar-refractivity contribution in [1.29, 1.82) is 0 Å². The van der Waals surface area contributed by atoms with Crippen LogP contribution in [0.15, 0.2) is 24.3 Å². The summed E-state index contributed by atoms with van der Waals surface area (Å²) in [5.74, 6) is -0.0438. The zero-order chi connectivity index (χ0) is 12.1. The van der Waals surface area contributed by atoms with E-state index in [4.69, 9.17) is 4.74 Å². The minimum absolute atomic E-state index is 0.0438. The van der Waals surface area contributed by atoms with Gasteiger partial charge in [-0.2, -0.15) is 0 Å². The van der Waals surface area contributed by atoms with Crippen LogP contribution < -0.4 is 10.6 Å². The molecule has 1 heterocycles. The van der Waals surface area contributed by atoms with E-state index in [-0.39, 0.29) is 12.0 Å². The number of carbonyl (C=O) groups excluding carboxylic acids is 1. The van der Waals surface area contributed by atoms with E-state index in [1.807, 2.05) is 24.3 Å². The van der Waals surface area contributed by atoms with E-state index >= 15 is 0 Å². The molecule has 1 atom stereocenters. The lowest BCUT2D eigenvalue weighted by atomic mass is 10.2. The van der Waals surface area contributed by atoms with Gasteiger partial charge in [-0.15, -0.1) is 0 Å². The Morgan fingerprint density at radius 2 is 2.47 bits per heavy atom. The minimum Gasteiger partial charge on any atom is -0.374 e. The van der Waals surface area contributed by atoms with E-state index in [9.17, 15) is 4.79 Å². The molecule has 17 heavy (non-hydrogen) atoms. The van der Waals surface area contributed by atoms with Crippen LogP contribution in [0.25, 0.3) is 0 Å². The Morgan fingerprint density at radius 1 is 1.59 bits per heavy atom. The Morgan fingerprint density at radius 3 is 3.18 bits per heavy atom. The van der Waals surface area contributed by atoms with Crippen molar-refractivity contribution in [3.05, 3.63) is 33.4 Å². The number of morpholine rings is 1. The second kappa shape index (κ2) is 6.32. The van der Waals surface area contributed by atoms with Crippen molar-refractivity contribution in [3.8, 4) is 0 Å². The van der Waals surface area contributed by atoms with Crippen LogP contribution in [-0.4, -0.2) is 38.3 Å². The lowest BCUT2D eigenvalue weighted by Crippen LogP contribution is -2.45. The van der Waals surface area contributed by atoms with Gasteiger partial charge >= 0.3 is 0 Å². The van der Waals surface area contributed by atoms with Gasteiger partial charge in [-0.25, -0.2) is 0 Å². The van der Waals surface area contributed by atoms with E-state index in [1.54, 1.807) is 0 Å². The van der Waals surface area contributed by atoms with Crippen LogP contribution in [0.4, 0.5) is 0 Å². The number of hydrogen-bond acceptors (Lipinski definition) is 3. The molecule has 1 unspecified atom stereocenters. The SMILES string of the molecule is O=C(NCC1CNCCO1)c1cccc(I)c1. The van der Waals surface area contributed by atoms with Crippen molar-refractivity contribution in [2.45, 2.75) is 6.10 Å². The van der Waals surface area contributed by atoms with Crippen LogP contribution in [0.2, 0.25) is 0 Å². The van der Waals surface area contributed by atoms with Gasteiger partial charge in [0.2, 0.25) is 0 Å². The van der Waals surface area contributed by atoms with E-state index in [0.717, 1.165) is 16.7 Å². The largest absolute Gasteiger partial charge is 0.374 e. The fourth-order valence-electron chi connectivity index (χ4n) is 1.69. The summed E-state index contributed by atoms with van der Waals surface area (Å²) in [5, 5.41) is 6.12. The van der Waals surface area contributed by atoms with Crippen LogP contribution in [0.5, 0.6) is 0 Å². The smallest absolute Gasteiger partial charge is 0.251 e. The molecule has 1 saturated heterocycles. The normalized spacial score (nSPS) is 19.9. The van der Waals surface area contributed by atoms with Gasteiger partial charge in [0.05, 0.1) is 12.7 Å². The van der Waals surface area contributed by atoms with Crippen LogP contribution >= 0.6 is 22.6 Å². The summed E-state index contributed by atoms with van der Waals surface area (Å²) < 4.78 is 6.57. The quantitative estimate of drug-likeness (QED) is 0.804. The Hall–Kier alpha value is -0.660. The second-order valence-electron chi connectivity index (χ2n) is 3.92. The Kier molecular flexibility index (Phi) is 4.75. The number of hydrogen-bond donors (Lipinski definition) is 2. The van der Waals surface area contributed by atoms with Crippen molar-refractivity contribution in [2.75, 3.05) is 26.2 Å². The summed E-state index contributed by atoms with van der Waals surface area (Å²) in [7, 11) is 0. The molecule has 2 rings (SSSR count). The lowest BCUT2D eigenvalue weighted by Gasteiger charge is -2.23. The topological polar surface area (TPSA) is 50.4 Å². The van der Waals surface area contributed by atoms with E-state index in [0.29, 0.717) is 18.7 Å². The highest BCUT2D eigenvalue weighted by molar-refractivity contribution is 14.1. The first-order valence-corrected chi connectivity index (χ1v) is 6.69. The molecule has 0 spiro atoms. The highest BCUT2D eigenvalue weighted by Crippen LogP contribution is 2.07. The number of amides is 1. The summed E-state index contributed by atoms with van der Waals surface area (Å²) in [5.41, 5.74) is 0.695. The van der Waals surface area contributed by atoms with E-state index < -0.39 is 0 Å². The van der Waals surface area contributed by atoms with Gasteiger partial charge in [0, 0.05) is 28.8 Å². The monoisotopic (exact) mass is 346 g/mol. The average molecular weight is 346 g/mol. The number of rotatable bonds is 3. The van der Waals surface area contributed by atoms with Crippen molar-refractivity contribution < 1.29 is 9.53 Å². The van der Waals surface area contributed by atoms with Gasteiger partial charge in [-0.1, -0.05) is 6.07 Å². The maximum absolute atomic E-state index is 11.8. The van der Waals surface area contributed by atoms with Crippen LogP contribution in [0.3, 0.4) is 0 Å². The van der Waals surface area contributed by atoms with Gasteiger partial charge in [0.25, 0.3) is 5.91 Å². The molecule has 0 aliphatic carbocycles. The molecule has 1 aliphatic rings. The van der Waals surface area contributed by atoms with Crippen molar-refractivity contribution in [3.63, 3.8) is 0 Å². The standard InChI is InChI=1S/C12H15IN2O2/c13-10-3-1-2-9(6-10)12(16)15-8-11-7-14-4-5-17-11/h1-3,6,11,14H,4-5,7-8H2,(H,15,16). The van der Waals surface area contributed by atoms with Crippen molar-refractivity contribution in [1.82, 2.24) is 10.6 Å². The molecule has 0 saturated carbocycles. The van der Waals surface area contributed by atoms with Crippen LogP contribution in [0, 0.1) is 3.57 Å². The van der Waals surface area contributed by atoms with Gasteiger partial charge in [-0.3, -0.25) is 4.79 Å². The van der Waals surface area contributed by atoms with Crippen LogP contribution in [0.1, 0.15) is 10.4 Å². The lowest BCUT2D eigenvalue weighted by molar-refractivity contribution is 0.0287. The zero-order valence-electron chi connectivity index (χ0n) is 9.41. The van der Waals surface area contributed by atoms with Gasteiger partial charge in [-0.05, 0) is 40.8 Å². The first kappa shape index (κ1) is 12.8. The van der Waals surface area contributed by atoms with Crippen molar-refractivity contribution in [2.24, 2.45) is 0 Å². The van der Waals surface area contributed by atoms with Gasteiger partial charge in [0.15, 0.2) is 0 Å². The number of ether oxygens (including phenoxy) is 1.